The first-order valence-corrected chi connectivity index (χ1v) is 18.6. The number of carbonyl (C=O) groups excluding carboxylic acids is 2. The Morgan fingerprint density at radius 2 is 0.857 bits per heavy atom. The molecule has 0 saturated carbocycles. The second kappa shape index (κ2) is 29.8. The highest BCUT2D eigenvalue weighted by atomic mass is 16.6. The molecule has 2 amide bonds. The minimum absolute atomic E-state index is 0.0707. The molecule has 42 heavy (non-hydrogen) atoms. The van der Waals surface area contributed by atoms with Crippen molar-refractivity contribution in [1.29, 1.82) is 0 Å². The zero-order chi connectivity index (χ0) is 31.2. The maximum absolute atomic E-state index is 12.9. The molecule has 1 atom stereocenters. The number of hydrogen-bond donors (Lipinski definition) is 2. The van der Waals surface area contributed by atoms with Crippen molar-refractivity contribution in [2.24, 2.45) is 0 Å². The molecular weight excluding hydrogens is 520 g/mol. The van der Waals surface area contributed by atoms with Crippen LogP contribution in [0.5, 0.6) is 0 Å². The van der Waals surface area contributed by atoms with Gasteiger partial charge in [-0.05, 0) is 33.6 Å². The molecule has 0 aromatic heterocycles. The van der Waals surface area contributed by atoms with Crippen LogP contribution < -0.4 is 10.6 Å². The Morgan fingerprint density at radius 3 is 1.21 bits per heavy atom. The molecule has 0 spiro atoms. The van der Waals surface area contributed by atoms with Crippen molar-refractivity contribution in [2.45, 2.75) is 220 Å². The third-order valence-corrected chi connectivity index (χ3v) is 8.18. The van der Waals surface area contributed by atoms with E-state index >= 15 is 0 Å². The Kier molecular flexibility index (Phi) is 28.9. The van der Waals surface area contributed by atoms with E-state index in [0.717, 1.165) is 25.7 Å². The Labute approximate surface area is 262 Å². The lowest BCUT2D eigenvalue weighted by atomic mass is 10.0. The molecule has 1 unspecified atom stereocenters. The third-order valence-electron chi connectivity index (χ3n) is 8.18. The van der Waals surface area contributed by atoms with Crippen LogP contribution in [0.25, 0.3) is 0 Å². The van der Waals surface area contributed by atoms with Crippen molar-refractivity contribution in [2.75, 3.05) is 6.54 Å². The minimum atomic E-state index is -0.574. The van der Waals surface area contributed by atoms with E-state index in [1.165, 1.54) is 141 Å². The number of alkyl carbamates (subject to hydrolysis) is 1. The van der Waals surface area contributed by atoms with Gasteiger partial charge in [-0.1, -0.05) is 174 Å². The highest BCUT2D eigenvalue weighted by Gasteiger charge is 2.23. The highest BCUT2D eigenvalue weighted by molar-refractivity contribution is 5.85. The Balaban J connectivity index is 4.02. The zero-order valence-corrected chi connectivity index (χ0v) is 29.1. The molecular formula is C37H74N2O3. The van der Waals surface area contributed by atoms with Crippen LogP contribution in [-0.4, -0.2) is 30.2 Å². The fourth-order valence-corrected chi connectivity index (χ4v) is 5.56. The summed E-state index contributed by atoms with van der Waals surface area (Å²) in [4.78, 5) is 25.3. The molecule has 2 N–H and O–H groups in total. The lowest BCUT2D eigenvalue weighted by Gasteiger charge is -2.23. The van der Waals surface area contributed by atoms with Crippen LogP contribution in [0.4, 0.5) is 4.79 Å². The summed E-state index contributed by atoms with van der Waals surface area (Å²) in [5.41, 5.74) is -0.574. The lowest BCUT2D eigenvalue weighted by Crippen LogP contribution is -2.48. The van der Waals surface area contributed by atoms with Crippen LogP contribution in [0.2, 0.25) is 0 Å². The first-order chi connectivity index (χ1) is 20.3. The maximum atomic E-state index is 12.9. The van der Waals surface area contributed by atoms with E-state index in [1.807, 2.05) is 20.8 Å². The molecule has 0 bridgehead atoms. The van der Waals surface area contributed by atoms with Crippen molar-refractivity contribution in [3.8, 4) is 0 Å². The summed E-state index contributed by atoms with van der Waals surface area (Å²) in [6.45, 7) is 10.8. The first-order valence-electron chi connectivity index (χ1n) is 18.6. The van der Waals surface area contributed by atoms with Crippen LogP contribution in [-0.2, 0) is 9.53 Å². The summed E-state index contributed by atoms with van der Waals surface area (Å²) in [6.07, 6.45) is 34.1. The second-order valence-corrected chi connectivity index (χ2v) is 13.8. The molecule has 0 aromatic rings. The predicted molar refractivity (Wildman–Crippen MR) is 182 cm³/mol. The van der Waals surface area contributed by atoms with Crippen LogP contribution >= 0.6 is 0 Å². The maximum Gasteiger partial charge on any atom is 0.408 e. The zero-order valence-electron chi connectivity index (χ0n) is 29.1. The lowest BCUT2D eigenvalue weighted by molar-refractivity contribution is -0.123. The van der Waals surface area contributed by atoms with E-state index in [9.17, 15) is 9.59 Å². The van der Waals surface area contributed by atoms with Gasteiger partial charge in [0, 0.05) is 6.54 Å². The normalized spacial score (nSPS) is 12.3. The standard InChI is InChI=1S/C37H74N2O3/c1-6-8-10-12-14-16-18-20-21-23-25-27-29-31-33-38-35(40)34(39-36(41)42-37(3,4)5)32-30-28-26-24-22-19-17-15-13-11-9-7-2/h34H,6-33H2,1-5H3,(H,38,40)(H,39,41). The fourth-order valence-electron chi connectivity index (χ4n) is 5.56. The van der Waals surface area contributed by atoms with Crippen LogP contribution in [0.3, 0.4) is 0 Å². The Hall–Kier alpha value is -1.26. The SMILES string of the molecule is CCCCCCCCCCCCCCCCNC(=O)C(CCCCCCCCCCCCCC)NC(=O)OC(C)(C)C. The molecule has 0 saturated heterocycles. The number of rotatable bonds is 30. The number of amides is 2. The van der Waals surface area contributed by atoms with E-state index in [4.69, 9.17) is 4.74 Å². The van der Waals surface area contributed by atoms with Gasteiger partial charge >= 0.3 is 6.09 Å². The average molecular weight is 595 g/mol. The van der Waals surface area contributed by atoms with E-state index in [-0.39, 0.29) is 5.91 Å². The largest absolute Gasteiger partial charge is 0.444 e. The molecule has 5 heteroatoms. The summed E-state index contributed by atoms with van der Waals surface area (Å²) >= 11 is 0. The van der Waals surface area contributed by atoms with Crippen molar-refractivity contribution < 1.29 is 14.3 Å². The Bertz CT molecular complexity index is 602. The van der Waals surface area contributed by atoms with Crippen LogP contribution in [0.1, 0.15) is 208 Å². The highest BCUT2D eigenvalue weighted by Crippen LogP contribution is 2.15. The van der Waals surface area contributed by atoms with Crippen molar-refractivity contribution in [1.82, 2.24) is 10.6 Å². The topological polar surface area (TPSA) is 67.4 Å². The van der Waals surface area contributed by atoms with Crippen molar-refractivity contribution >= 4 is 12.0 Å². The van der Waals surface area contributed by atoms with Gasteiger partial charge in [0.15, 0.2) is 0 Å². The third kappa shape index (κ3) is 30.2. The molecule has 250 valence electrons. The molecule has 0 aromatic carbocycles. The van der Waals surface area contributed by atoms with Gasteiger partial charge in [0.1, 0.15) is 11.6 Å². The monoisotopic (exact) mass is 595 g/mol. The minimum Gasteiger partial charge on any atom is -0.444 e. The molecule has 0 aliphatic heterocycles. The second-order valence-electron chi connectivity index (χ2n) is 13.8. The van der Waals surface area contributed by atoms with E-state index < -0.39 is 17.7 Å². The molecule has 0 radical (unpaired) electrons. The van der Waals surface area contributed by atoms with Crippen LogP contribution in [0.15, 0.2) is 0 Å². The van der Waals surface area contributed by atoms with Gasteiger partial charge in [-0.2, -0.15) is 0 Å². The van der Waals surface area contributed by atoms with E-state index in [0.29, 0.717) is 13.0 Å². The summed E-state index contributed by atoms with van der Waals surface area (Å²) in [7, 11) is 0. The van der Waals surface area contributed by atoms with Gasteiger partial charge in [0.2, 0.25) is 5.91 Å². The van der Waals surface area contributed by atoms with Crippen molar-refractivity contribution in [3.05, 3.63) is 0 Å². The summed E-state index contributed by atoms with van der Waals surface area (Å²) in [5, 5.41) is 5.92. The summed E-state index contributed by atoms with van der Waals surface area (Å²) in [5.74, 6) is -0.0707. The smallest absolute Gasteiger partial charge is 0.408 e. The molecule has 0 fully saturated rings. The number of hydrogen-bond acceptors (Lipinski definition) is 3. The molecule has 5 nitrogen and oxygen atoms in total. The average Bonchev–Trinajstić information content (AvgIpc) is 2.94. The number of unbranched alkanes of at least 4 members (excludes halogenated alkanes) is 24. The summed E-state index contributed by atoms with van der Waals surface area (Å²) < 4.78 is 5.43. The van der Waals surface area contributed by atoms with Gasteiger partial charge in [-0.15, -0.1) is 0 Å². The number of nitrogens with one attached hydrogen (secondary N) is 2. The van der Waals surface area contributed by atoms with Crippen molar-refractivity contribution in [3.63, 3.8) is 0 Å². The quantitative estimate of drug-likeness (QED) is 0.0813. The summed E-state index contributed by atoms with van der Waals surface area (Å²) in [6, 6.07) is -0.519. The molecule has 0 rings (SSSR count). The van der Waals surface area contributed by atoms with Crippen LogP contribution in [0, 0.1) is 0 Å². The molecule has 0 aliphatic carbocycles. The predicted octanol–water partition coefficient (Wildman–Crippen LogP) is 11.6. The van der Waals surface area contributed by atoms with E-state index in [2.05, 4.69) is 24.5 Å². The van der Waals surface area contributed by atoms with Gasteiger partial charge < -0.3 is 15.4 Å². The van der Waals surface area contributed by atoms with Gasteiger partial charge in [-0.3, -0.25) is 4.79 Å². The van der Waals surface area contributed by atoms with Gasteiger partial charge in [-0.25, -0.2) is 4.79 Å². The Morgan fingerprint density at radius 1 is 0.524 bits per heavy atom. The van der Waals surface area contributed by atoms with E-state index in [1.54, 1.807) is 0 Å². The molecule has 0 aliphatic rings. The van der Waals surface area contributed by atoms with Gasteiger partial charge in [0.05, 0.1) is 0 Å². The fraction of sp³-hybridized carbons (Fsp3) is 0.946. The first kappa shape index (κ1) is 40.7. The number of carbonyl (C=O) groups is 2. The number of ether oxygens (including phenoxy) is 1. The molecule has 0 heterocycles. The van der Waals surface area contributed by atoms with Gasteiger partial charge in [0.25, 0.3) is 0 Å².